The summed E-state index contributed by atoms with van der Waals surface area (Å²) in [5, 5.41) is 2.92. The van der Waals surface area contributed by atoms with E-state index in [1.807, 2.05) is 0 Å². The van der Waals surface area contributed by atoms with Crippen molar-refractivity contribution in [3.63, 3.8) is 0 Å². The largest absolute Gasteiger partial charge is 0.468 e. The van der Waals surface area contributed by atoms with Crippen LogP contribution in [0.15, 0.2) is 6.20 Å². The third kappa shape index (κ3) is 5.54. The van der Waals surface area contributed by atoms with Crippen LogP contribution in [0.5, 0.6) is 0 Å². The minimum Gasteiger partial charge on any atom is -0.468 e. The second-order valence-corrected chi connectivity index (χ2v) is 6.21. The van der Waals surface area contributed by atoms with Crippen LogP contribution >= 0.6 is 11.3 Å². The van der Waals surface area contributed by atoms with E-state index in [9.17, 15) is 9.59 Å². The van der Waals surface area contributed by atoms with E-state index in [0.29, 0.717) is 11.6 Å². The van der Waals surface area contributed by atoms with Crippen molar-refractivity contribution in [3.8, 4) is 0 Å². The van der Waals surface area contributed by atoms with Crippen molar-refractivity contribution in [1.29, 1.82) is 0 Å². The molecule has 0 unspecified atom stereocenters. The van der Waals surface area contributed by atoms with Gasteiger partial charge in [-0.1, -0.05) is 0 Å². The Morgan fingerprint density at radius 3 is 2.70 bits per heavy atom. The zero-order valence-corrected chi connectivity index (χ0v) is 12.7. The molecule has 0 fully saturated rings. The minimum absolute atomic E-state index is 0.306. The normalized spacial score (nSPS) is 12.7. The topological polar surface area (TPSA) is 104 Å². The van der Waals surface area contributed by atoms with E-state index >= 15 is 0 Å². The Morgan fingerprint density at radius 1 is 1.50 bits per heavy atom. The van der Waals surface area contributed by atoms with Crippen LogP contribution in [0.1, 0.15) is 25.6 Å². The average molecular weight is 301 g/mol. The molecule has 1 amide bonds. The number of nitrogens with zero attached hydrogens (tertiary/aromatic N) is 1. The number of aromatic nitrogens is 1. The number of carbonyl (C=O) groups is 2. The van der Waals surface area contributed by atoms with Crippen molar-refractivity contribution in [3.05, 3.63) is 11.1 Å². The number of nitrogens with two attached hydrogens (primary N) is 1. The lowest BCUT2D eigenvalue weighted by Gasteiger charge is -2.18. The zero-order valence-electron chi connectivity index (χ0n) is 11.9. The lowest BCUT2D eigenvalue weighted by molar-refractivity contribution is -0.142. The molecule has 0 radical (unpaired) electrons. The van der Waals surface area contributed by atoms with Crippen LogP contribution in [0.3, 0.4) is 0 Å². The molecule has 112 valence electrons. The number of thiazole rings is 1. The molecule has 3 N–H and O–H groups in total. The zero-order chi connectivity index (χ0) is 15.3. The maximum Gasteiger partial charge on any atom is 0.413 e. The predicted octanol–water partition coefficient (Wildman–Crippen LogP) is 1.53. The van der Waals surface area contributed by atoms with Crippen LogP contribution in [0, 0.1) is 0 Å². The quantitative estimate of drug-likeness (QED) is 0.817. The first-order valence-electron chi connectivity index (χ1n) is 5.99. The monoisotopic (exact) mass is 301 g/mol. The van der Waals surface area contributed by atoms with Gasteiger partial charge in [0.15, 0.2) is 5.13 Å². The van der Waals surface area contributed by atoms with E-state index in [0.717, 1.165) is 4.88 Å². The molecule has 0 saturated heterocycles. The first kappa shape index (κ1) is 16.4. The summed E-state index contributed by atoms with van der Waals surface area (Å²) in [4.78, 5) is 27.5. The summed E-state index contributed by atoms with van der Waals surface area (Å²) < 4.78 is 9.65. The van der Waals surface area contributed by atoms with Crippen LogP contribution in [0.4, 0.5) is 9.93 Å². The van der Waals surface area contributed by atoms with E-state index in [4.69, 9.17) is 10.5 Å². The van der Waals surface area contributed by atoms with Crippen molar-refractivity contribution >= 4 is 28.5 Å². The SMILES string of the molecule is COC(=O)[C@@H](N)Cc1cnc(NC(=O)OC(C)(C)C)s1. The first-order chi connectivity index (χ1) is 9.21. The minimum atomic E-state index is -0.741. The Kier molecular flexibility index (Phi) is 5.46. The van der Waals surface area contributed by atoms with Gasteiger partial charge in [-0.15, -0.1) is 11.3 Å². The number of anilines is 1. The first-order valence-corrected chi connectivity index (χ1v) is 6.81. The Morgan fingerprint density at radius 2 is 2.15 bits per heavy atom. The molecule has 0 aliphatic rings. The van der Waals surface area contributed by atoms with Crippen molar-refractivity contribution in [1.82, 2.24) is 4.98 Å². The van der Waals surface area contributed by atoms with Crippen LogP contribution in [0.25, 0.3) is 0 Å². The van der Waals surface area contributed by atoms with E-state index < -0.39 is 23.7 Å². The molecular weight excluding hydrogens is 282 g/mol. The number of nitrogens with one attached hydrogen (secondary N) is 1. The molecule has 1 heterocycles. The highest BCUT2D eigenvalue weighted by molar-refractivity contribution is 7.15. The highest BCUT2D eigenvalue weighted by atomic mass is 32.1. The fourth-order valence-electron chi connectivity index (χ4n) is 1.30. The van der Waals surface area contributed by atoms with Crippen molar-refractivity contribution < 1.29 is 19.1 Å². The summed E-state index contributed by atoms with van der Waals surface area (Å²) in [7, 11) is 1.28. The van der Waals surface area contributed by atoms with Crippen LogP contribution in [-0.4, -0.2) is 35.8 Å². The van der Waals surface area contributed by atoms with Gasteiger partial charge in [-0.25, -0.2) is 9.78 Å². The van der Waals surface area contributed by atoms with Gasteiger partial charge < -0.3 is 15.2 Å². The van der Waals surface area contributed by atoms with Crippen LogP contribution in [-0.2, 0) is 20.7 Å². The number of esters is 1. The molecule has 1 aromatic heterocycles. The van der Waals surface area contributed by atoms with E-state index in [1.165, 1.54) is 18.4 Å². The summed E-state index contributed by atoms with van der Waals surface area (Å²) in [6.45, 7) is 5.32. The lowest BCUT2D eigenvalue weighted by atomic mass is 10.2. The Balaban J connectivity index is 2.55. The molecule has 0 saturated carbocycles. The summed E-state index contributed by atoms with van der Waals surface area (Å²) in [5.41, 5.74) is 5.07. The van der Waals surface area contributed by atoms with Gasteiger partial charge in [-0.05, 0) is 20.8 Å². The molecule has 1 atom stereocenters. The van der Waals surface area contributed by atoms with Gasteiger partial charge in [0.25, 0.3) is 0 Å². The third-order valence-corrected chi connectivity index (χ3v) is 3.02. The van der Waals surface area contributed by atoms with E-state index in [2.05, 4.69) is 15.0 Å². The molecule has 20 heavy (non-hydrogen) atoms. The number of hydrogen-bond donors (Lipinski definition) is 2. The Bertz CT molecular complexity index is 481. The fourth-order valence-corrected chi connectivity index (χ4v) is 2.16. The van der Waals surface area contributed by atoms with Crippen molar-refractivity contribution in [2.45, 2.75) is 38.8 Å². The summed E-state index contributed by atoms with van der Waals surface area (Å²) in [5.74, 6) is -0.486. The van der Waals surface area contributed by atoms with Crippen LogP contribution in [0.2, 0.25) is 0 Å². The molecular formula is C12H19N3O4S. The van der Waals surface area contributed by atoms with Gasteiger partial charge in [0, 0.05) is 17.5 Å². The smallest absolute Gasteiger partial charge is 0.413 e. The molecule has 1 rings (SSSR count). The molecule has 8 heteroatoms. The molecule has 1 aromatic rings. The third-order valence-electron chi connectivity index (χ3n) is 2.09. The number of methoxy groups -OCH3 is 1. The highest BCUT2D eigenvalue weighted by Crippen LogP contribution is 2.20. The van der Waals surface area contributed by atoms with Gasteiger partial charge in [-0.3, -0.25) is 10.1 Å². The fraction of sp³-hybridized carbons (Fsp3) is 0.583. The molecule has 0 spiro atoms. The Labute approximate surface area is 121 Å². The summed E-state index contributed by atoms with van der Waals surface area (Å²) in [6.07, 6.45) is 1.29. The Hall–Kier alpha value is -1.67. The van der Waals surface area contributed by atoms with Crippen LogP contribution < -0.4 is 11.1 Å². The number of rotatable bonds is 4. The average Bonchev–Trinajstić information content (AvgIpc) is 2.72. The van der Waals surface area contributed by atoms with Gasteiger partial charge in [0.2, 0.25) is 0 Å². The van der Waals surface area contributed by atoms with Gasteiger partial charge in [0.05, 0.1) is 7.11 Å². The van der Waals surface area contributed by atoms with Gasteiger partial charge in [0.1, 0.15) is 11.6 Å². The number of carbonyl (C=O) groups excluding carboxylic acids is 2. The standard InChI is InChI=1S/C12H19N3O4S/c1-12(2,3)19-11(17)15-10-14-6-7(20-10)5-8(13)9(16)18-4/h6,8H,5,13H2,1-4H3,(H,14,15,17)/t8-/m0/s1. The second-order valence-electron chi connectivity index (χ2n) is 5.09. The van der Waals surface area contributed by atoms with Gasteiger partial charge in [-0.2, -0.15) is 0 Å². The lowest BCUT2D eigenvalue weighted by Crippen LogP contribution is -2.33. The molecule has 0 aliphatic carbocycles. The van der Waals surface area contributed by atoms with Crippen molar-refractivity contribution in [2.75, 3.05) is 12.4 Å². The highest BCUT2D eigenvalue weighted by Gasteiger charge is 2.19. The molecule has 7 nitrogen and oxygen atoms in total. The number of amides is 1. The van der Waals surface area contributed by atoms with E-state index in [1.54, 1.807) is 27.0 Å². The maximum atomic E-state index is 11.5. The summed E-state index contributed by atoms with van der Waals surface area (Å²) in [6, 6.07) is -0.741. The molecule has 0 aromatic carbocycles. The second kappa shape index (κ2) is 6.67. The van der Waals surface area contributed by atoms with E-state index in [-0.39, 0.29) is 0 Å². The molecule has 0 bridgehead atoms. The summed E-state index contributed by atoms with van der Waals surface area (Å²) >= 11 is 1.23. The predicted molar refractivity (Wildman–Crippen MR) is 75.7 cm³/mol. The van der Waals surface area contributed by atoms with Crippen molar-refractivity contribution in [2.24, 2.45) is 5.73 Å². The van der Waals surface area contributed by atoms with Gasteiger partial charge >= 0.3 is 12.1 Å². The maximum absolute atomic E-state index is 11.5. The number of ether oxygens (including phenoxy) is 2. The molecule has 0 aliphatic heterocycles. The number of hydrogen-bond acceptors (Lipinski definition) is 7.